The quantitative estimate of drug-likeness (QED) is 0.142. The molecule has 366 valence electrons. The van der Waals surface area contributed by atoms with Crippen molar-refractivity contribution >= 4 is 5.78 Å². The predicted molar refractivity (Wildman–Crippen MR) is 222 cm³/mol. The molecule has 18 nitrogen and oxygen atoms in total. The van der Waals surface area contributed by atoms with Crippen LogP contribution in [0, 0.1) is 16.7 Å². The van der Waals surface area contributed by atoms with Crippen LogP contribution < -0.4 is 0 Å². The van der Waals surface area contributed by atoms with E-state index in [4.69, 9.17) is 42.6 Å². The van der Waals surface area contributed by atoms with Crippen LogP contribution in [0.15, 0.2) is 11.6 Å². The molecule has 4 heterocycles. The highest BCUT2D eigenvalue weighted by molar-refractivity contribution is 5.87. The van der Waals surface area contributed by atoms with Gasteiger partial charge < -0.3 is 83.5 Å². The van der Waals surface area contributed by atoms with Gasteiger partial charge in [-0.05, 0) is 85.0 Å². The Morgan fingerprint density at radius 2 is 1.16 bits per heavy atom. The van der Waals surface area contributed by atoms with E-state index >= 15 is 0 Å². The van der Waals surface area contributed by atoms with E-state index in [1.807, 2.05) is 6.08 Å². The highest BCUT2D eigenvalue weighted by atomic mass is 16.8. The molecule has 0 amide bonds. The number of carbonyl (C=O) groups is 1. The van der Waals surface area contributed by atoms with E-state index in [-0.39, 0.29) is 57.5 Å². The molecule has 0 bridgehead atoms. The Labute approximate surface area is 375 Å². The average molecular weight is 915 g/mol. The molecule has 0 aromatic heterocycles. The second kappa shape index (κ2) is 17.9. The Morgan fingerprint density at radius 1 is 0.672 bits per heavy atom. The van der Waals surface area contributed by atoms with Gasteiger partial charge in [-0.1, -0.05) is 25.5 Å². The molecule has 0 radical (unpaired) electrons. The van der Waals surface area contributed by atoms with Crippen LogP contribution in [0.25, 0.3) is 0 Å². The summed E-state index contributed by atoms with van der Waals surface area (Å²) in [7, 11) is 1.51. The van der Waals surface area contributed by atoms with Crippen LogP contribution in [0.1, 0.15) is 119 Å². The molecule has 0 spiro atoms. The maximum Gasteiger partial charge on any atom is 0.162 e. The molecule has 4 saturated heterocycles. The van der Waals surface area contributed by atoms with Crippen molar-refractivity contribution in [3.63, 3.8) is 0 Å². The molecule has 64 heavy (non-hydrogen) atoms. The fourth-order valence-corrected chi connectivity index (χ4v) is 13.3. The first-order valence-corrected chi connectivity index (χ1v) is 23.5. The molecule has 4 aliphatic carbocycles. The predicted octanol–water partition coefficient (Wildman–Crippen LogP) is 1.01. The maximum absolute atomic E-state index is 12.7. The summed E-state index contributed by atoms with van der Waals surface area (Å²) >= 11 is 0. The normalized spacial score (nSPS) is 55.5. The second-order valence-corrected chi connectivity index (χ2v) is 20.9. The van der Waals surface area contributed by atoms with Gasteiger partial charge >= 0.3 is 0 Å². The van der Waals surface area contributed by atoms with Crippen LogP contribution in [-0.4, -0.2) is 181 Å². The van der Waals surface area contributed by atoms with Crippen molar-refractivity contribution in [2.75, 3.05) is 7.11 Å². The SMILES string of the molecule is CO[C@@H]1C[C@H](O[C@H]2[C@@H](O)C[C@H](O[C@H]3[C@@H](O)C[C@H](O[C@H]4[C@@H](O)C[C@H](O[C@H]5CC[C@@]6(C)C(=CC[C@]7(O)[C@@H]6C[C@@H](O)[C@@]6(C)[C@]7(O)CC[C@@]6(O)C(C)=O)C5)O[C@@H]4C)O[C@@H]3C)O[C@@H]2C)O[C@H](C)[C@H]1O. The van der Waals surface area contributed by atoms with Crippen molar-refractivity contribution < 1.29 is 88.3 Å². The summed E-state index contributed by atoms with van der Waals surface area (Å²) in [5.41, 5.74) is -6.70. The zero-order valence-electron chi connectivity index (χ0n) is 38.5. The van der Waals surface area contributed by atoms with Gasteiger partial charge in [-0.3, -0.25) is 4.79 Å². The van der Waals surface area contributed by atoms with Crippen LogP contribution in [0.4, 0.5) is 0 Å². The molecule has 24 atom stereocenters. The Balaban J connectivity index is 0.818. The van der Waals surface area contributed by atoms with E-state index in [0.29, 0.717) is 19.3 Å². The molecule has 7 fully saturated rings. The summed E-state index contributed by atoms with van der Waals surface area (Å²) in [5, 5.41) is 92.0. The third-order valence-corrected chi connectivity index (χ3v) is 17.3. The standard InChI is InChI=1S/C46H74O18/c1-21-38(52)31(56-8)19-37(57-21)64-41-24(4)60-36(18-30(41)50)63-40-23(3)59-35(17-29(40)49)62-39-22(2)58-34(16-28(39)48)61-27-10-11-42(6)26(15-27)9-12-45(54)32(42)20-33(51)43(7)44(53,25(5)47)13-14-46(43,45)55/h9,21-24,27-41,48-55H,10-20H2,1-8H3/t21-,22-,23-,24-,27+,28+,29+,30+,31-,32-,33-,34+,35+,36+,37+,38-,39-,40-,41-,42+,43-,44-,45+,46-/m1/s1. The van der Waals surface area contributed by atoms with E-state index < -0.39 is 144 Å². The van der Waals surface area contributed by atoms with Gasteiger partial charge in [0.25, 0.3) is 0 Å². The van der Waals surface area contributed by atoms with Gasteiger partial charge in [0.2, 0.25) is 0 Å². The largest absolute Gasteiger partial charge is 0.392 e. The number of hydrogen-bond donors (Lipinski definition) is 8. The van der Waals surface area contributed by atoms with Gasteiger partial charge in [-0.25, -0.2) is 0 Å². The first kappa shape index (κ1) is 49.2. The number of ketones is 1. The Morgan fingerprint density at radius 3 is 1.64 bits per heavy atom. The van der Waals surface area contributed by atoms with Gasteiger partial charge in [0.15, 0.2) is 30.9 Å². The number of ether oxygens (including phenoxy) is 9. The van der Waals surface area contributed by atoms with Crippen molar-refractivity contribution in [1.82, 2.24) is 0 Å². The van der Waals surface area contributed by atoms with E-state index in [0.717, 1.165) is 5.57 Å². The van der Waals surface area contributed by atoms with E-state index in [9.17, 15) is 45.6 Å². The van der Waals surface area contributed by atoms with Crippen LogP contribution in [0.5, 0.6) is 0 Å². The van der Waals surface area contributed by atoms with Crippen LogP contribution in [0.3, 0.4) is 0 Å². The Bertz CT molecular complexity index is 1680. The first-order chi connectivity index (χ1) is 30.0. The number of fused-ring (bicyclic) bond motifs is 5. The Kier molecular flexibility index (Phi) is 13.8. The minimum Gasteiger partial charge on any atom is -0.392 e. The lowest BCUT2D eigenvalue weighted by atomic mass is 9.42. The Hall–Kier alpha value is -1.27. The maximum atomic E-state index is 12.7. The highest BCUT2D eigenvalue weighted by Crippen LogP contribution is 2.70. The van der Waals surface area contributed by atoms with Crippen molar-refractivity contribution in [3.05, 3.63) is 11.6 Å². The van der Waals surface area contributed by atoms with Crippen LogP contribution in [-0.2, 0) is 47.4 Å². The summed E-state index contributed by atoms with van der Waals surface area (Å²) in [5.74, 6) is -1.06. The molecule has 3 saturated carbocycles. The molecule has 8 rings (SSSR count). The topological polar surface area (TPSA) is 262 Å². The smallest absolute Gasteiger partial charge is 0.162 e. The van der Waals surface area contributed by atoms with E-state index in [2.05, 4.69) is 6.92 Å². The van der Waals surface area contributed by atoms with Gasteiger partial charge in [0.05, 0.1) is 66.5 Å². The number of hydrogen-bond acceptors (Lipinski definition) is 18. The van der Waals surface area contributed by atoms with E-state index in [1.54, 1.807) is 27.7 Å². The summed E-state index contributed by atoms with van der Waals surface area (Å²) in [6.07, 6.45) is -9.21. The molecule has 8 N–H and O–H groups in total. The zero-order valence-corrected chi connectivity index (χ0v) is 38.5. The van der Waals surface area contributed by atoms with Crippen molar-refractivity contribution in [1.29, 1.82) is 0 Å². The van der Waals surface area contributed by atoms with Gasteiger partial charge in [-0.15, -0.1) is 0 Å². The van der Waals surface area contributed by atoms with Crippen molar-refractivity contribution in [3.8, 4) is 0 Å². The monoisotopic (exact) mass is 914 g/mol. The fraction of sp³-hybridized carbons (Fsp3) is 0.935. The van der Waals surface area contributed by atoms with Crippen molar-refractivity contribution in [2.24, 2.45) is 16.7 Å². The third-order valence-electron chi connectivity index (χ3n) is 17.3. The van der Waals surface area contributed by atoms with Gasteiger partial charge in [-0.2, -0.15) is 0 Å². The zero-order chi connectivity index (χ0) is 46.5. The number of aliphatic hydroxyl groups is 8. The number of aliphatic hydroxyl groups excluding tert-OH is 5. The summed E-state index contributed by atoms with van der Waals surface area (Å²) in [4.78, 5) is 12.7. The highest BCUT2D eigenvalue weighted by Gasteiger charge is 2.80. The number of rotatable bonds is 10. The lowest BCUT2D eigenvalue weighted by Crippen LogP contribution is -2.78. The molecule has 4 aliphatic heterocycles. The lowest BCUT2D eigenvalue weighted by Gasteiger charge is -2.66. The molecule has 8 aliphatic rings. The number of methoxy groups -OCH3 is 1. The fourth-order valence-electron chi connectivity index (χ4n) is 13.3. The third kappa shape index (κ3) is 7.98. The van der Waals surface area contributed by atoms with Crippen LogP contribution in [0.2, 0.25) is 0 Å². The van der Waals surface area contributed by atoms with Gasteiger partial charge in [0.1, 0.15) is 41.2 Å². The summed E-state index contributed by atoms with van der Waals surface area (Å²) < 4.78 is 54.7. The first-order valence-electron chi connectivity index (χ1n) is 23.5. The molecule has 0 aromatic carbocycles. The number of Topliss-reactive ketones (excluding diaryl/α,β-unsaturated/α-hetero) is 1. The second-order valence-electron chi connectivity index (χ2n) is 20.9. The van der Waals surface area contributed by atoms with Gasteiger partial charge in [0, 0.05) is 38.7 Å². The minimum absolute atomic E-state index is 0.0130. The summed E-state index contributed by atoms with van der Waals surface area (Å²) in [6.45, 7) is 11.9. The average Bonchev–Trinajstić information content (AvgIpc) is 3.46. The molecule has 0 aromatic rings. The molecule has 0 unspecified atom stereocenters. The molecule has 18 heteroatoms. The molecular formula is C46H74O18. The number of carbonyl (C=O) groups excluding carboxylic acids is 1. The van der Waals surface area contributed by atoms with Crippen molar-refractivity contribution in [2.45, 2.75) is 247 Å². The summed E-state index contributed by atoms with van der Waals surface area (Å²) in [6, 6.07) is 0. The lowest BCUT2D eigenvalue weighted by molar-refractivity contribution is -0.344. The minimum atomic E-state index is -1.96. The van der Waals surface area contributed by atoms with Crippen LogP contribution >= 0.6 is 0 Å². The molecular weight excluding hydrogens is 840 g/mol. The van der Waals surface area contributed by atoms with E-state index in [1.165, 1.54) is 21.0 Å².